The molecule has 9 heteroatoms. The van der Waals surface area contributed by atoms with Gasteiger partial charge in [-0.15, -0.1) is 0 Å². The fraction of sp³-hybridized carbons (Fsp3) is 0.526. The molecule has 3 heterocycles. The summed E-state index contributed by atoms with van der Waals surface area (Å²) < 4.78 is 1.67. The van der Waals surface area contributed by atoms with Crippen LogP contribution >= 0.6 is 0 Å². The number of aromatic nitrogens is 4. The molecule has 1 aliphatic carbocycles. The van der Waals surface area contributed by atoms with E-state index in [-0.39, 0.29) is 17.8 Å². The van der Waals surface area contributed by atoms with Gasteiger partial charge in [0.1, 0.15) is 17.6 Å². The summed E-state index contributed by atoms with van der Waals surface area (Å²) in [6.07, 6.45) is 7.58. The largest absolute Gasteiger partial charge is 0.351 e. The number of nitrogens with one attached hydrogen (secondary N) is 1. The first-order valence-corrected chi connectivity index (χ1v) is 9.60. The van der Waals surface area contributed by atoms with Crippen molar-refractivity contribution < 1.29 is 4.79 Å². The number of nitriles is 1. The molecule has 0 unspecified atom stereocenters. The Morgan fingerprint density at radius 3 is 2.82 bits per heavy atom. The molecule has 4 rings (SSSR count). The van der Waals surface area contributed by atoms with Gasteiger partial charge in [0.2, 0.25) is 0 Å². The summed E-state index contributed by atoms with van der Waals surface area (Å²) in [6.45, 7) is 4.79. The minimum absolute atomic E-state index is 0.0148. The Morgan fingerprint density at radius 2 is 2.18 bits per heavy atom. The number of anilines is 1. The number of rotatable bonds is 4. The maximum Gasteiger partial charge on any atom is 0.317 e. The quantitative estimate of drug-likeness (QED) is 0.859. The summed E-state index contributed by atoms with van der Waals surface area (Å²) in [4.78, 5) is 25.4. The summed E-state index contributed by atoms with van der Waals surface area (Å²) in [5.74, 6) is 1.38. The highest BCUT2D eigenvalue weighted by atomic mass is 16.2. The Labute approximate surface area is 164 Å². The number of nitrogens with zero attached hydrogens (tertiary/aromatic N) is 7. The second kappa shape index (κ2) is 7.46. The molecule has 1 saturated carbocycles. The molecule has 2 aromatic heterocycles. The zero-order chi connectivity index (χ0) is 19.7. The van der Waals surface area contributed by atoms with Crippen LogP contribution in [0.4, 0.5) is 10.6 Å². The second-order valence-electron chi connectivity index (χ2n) is 7.56. The third-order valence-electron chi connectivity index (χ3n) is 5.30. The van der Waals surface area contributed by atoms with Crippen molar-refractivity contribution in [3.63, 3.8) is 0 Å². The van der Waals surface area contributed by atoms with Crippen molar-refractivity contribution in [2.45, 2.75) is 25.8 Å². The lowest BCUT2D eigenvalue weighted by molar-refractivity contribution is 0.171. The molecule has 1 saturated heterocycles. The van der Waals surface area contributed by atoms with Crippen LogP contribution in [0.15, 0.2) is 18.6 Å². The number of hydrogen-bond acceptors (Lipinski definition) is 6. The van der Waals surface area contributed by atoms with Crippen LogP contribution in [0.5, 0.6) is 0 Å². The summed E-state index contributed by atoms with van der Waals surface area (Å²) in [5.41, 5.74) is 1.58. The van der Waals surface area contributed by atoms with Crippen molar-refractivity contribution >= 4 is 11.8 Å². The van der Waals surface area contributed by atoms with Gasteiger partial charge < -0.3 is 15.1 Å². The Morgan fingerprint density at radius 1 is 1.36 bits per heavy atom. The van der Waals surface area contributed by atoms with Gasteiger partial charge in [-0.25, -0.2) is 14.8 Å². The Bertz CT molecular complexity index is 913. The number of hydrogen-bond donors (Lipinski definition) is 1. The highest BCUT2D eigenvalue weighted by Gasteiger charge is 2.30. The summed E-state index contributed by atoms with van der Waals surface area (Å²) in [7, 11) is 1.82. The van der Waals surface area contributed by atoms with Crippen molar-refractivity contribution in [1.29, 1.82) is 5.26 Å². The number of carbonyl (C=O) groups excluding carboxylic acids is 1. The lowest BCUT2D eigenvalue weighted by Crippen LogP contribution is -2.57. The predicted octanol–water partition coefficient (Wildman–Crippen LogP) is 1.38. The lowest BCUT2D eigenvalue weighted by atomic mass is 10.2. The van der Waals surface area contributed by atoms with Gasteiger partial charge in [-0.1, -0.05) is 0 Å². The summed E-state index contributed by atoms with van der Waals surface area (Å²) in [5, 5.41) is 16.6. The Kier molecular flexibility index (Phi) is 4.86. The van der Waals surface area contributed by atoms with Crippen molar-refractivity contribution in [3.8, 4) is 17.3 Å². The zero-order valence-electron chi connectivity index (χ0n) is 16.2. The van der Waals surface area contributed by atoms with E-state index in [0.717, 1.165) is 12.1 Å². The Balaban J connectivity index is 1.47. The summed E-state index contributed by atoms with van der Waals surface area (Å²) in [6, 6.07) is 2.18. The van der Waals surface area contributed by atoms with E-state index in [1.54, 1.807) is 17.1 Å². The van der Waals surface area contributed by atoms with Gasteiger partial charge in [-0.3, -0.25) is 4.68 Å². The monoisotopic (exact) mass is 380 g/mol. The number of aryl methyl sites for hydroxylation is 1. The van der Waals surface area contributed by atoms with E-state index >= 15 is 0 Å². The molecular weight excluding hydrogens is 356 g/mol. The van der Waals surface area contributed by atoms with Gasteiger partial charge in [0, 0.05) is 51.0 Å². The Hall–Kier alpha value is -3.15. The van der Waals surface area contributed by atoms with E-state index < -0.39 is 0 Å². The van der Waals surface area contributed by atoms with Crippen LogP contribution in [0.3, 0.4) is 0 Å². The molecule has 2 fully saturated rings. The van der Waals surface area contributed by atoms with Crippen molar-refractivity contribution in [1.82, 2.24) is 30.0 Å². The van der Waals surface area contributed by atoms with E-state index in [1.807, 2.05) is 25.1 Å². The second-order valence-corrected chi connectivity index (χ2v) is 7.56. The van der Waals surface area contributed by atoms with Crippen molar-refractivity contribution in [2.75, 3.05) is 31.1 Å². The molecule has 0 aromatic carbocycles. The van der Waals surface area contributed by atoms with Crippen molar-refractivity contribution in [2.24, 2.45) is 13.0 Å². The van der Waals surface area contributed by atoms with Gasteiger partial charge >= 0.3 is 6.03 Å². The van der Waals surface area contributed by atoms with Crippen LogP contribution in [-0.4, -0.2) is 62.9 Å². The number of carbonyl (C=O) groups is 1. The average Bonchev–Trinajstić information content (AvgIpc) is 3.44. The van der Waals surface area contributed by atoms with Crippen molar-refractivity contribution in [3.05, 3.63) is 24.3 Å². The molecule has 0 bridgehead atoms. The molecule has 9 nitrogen and oxygen atoms in total. The van der Waals surface area contributed by atoms with Crippen LogP contribution in [0.25, 0.3) is 11.3 Å². The first-order valence-electron chi connectivity index (χ1n) is 9.60. The molecular formula is C19H24N8O. The summed E-state index contributed by atoms with van der Waals surface area (Å²) >= 11 is 0. The minimum atomic E-state index is 0.0148. The van der Waals surface area contributed by atoms with Crippen LogP contribution in [0, 0.1) is 17.2 Å². The highest BCUT2D eigenvalue weighted by molar-refractivity contribution is 5.75. The standard InChI is InChI=1S/C19H24N8O/c1-13-11-26(5-6-27(13)19(28)22-8-14-3-4-14)17-10-21-16(7-20)18(24-17)15-9-23-25(2)12-15/h9-10,12-14H,3-6,8,11H2,1-2H3,(H,22,28)/t13-/m1/s1. The maximum absolute atomic E-state index is 12.4. The molecule has 146 valence electrons. The fourth-order valence-corrected chi connectivity index (χ4v) is 3.48. The van der Waals surface area contributed by atoms with Gasteiger partial charge in [0.15, 0.2) is 5.69 Å². The molecule has 0 radical (unpaired) electrons. The molecule has 0 spiro atoms. The van der Waals surface area contributed by atoms with E-state index in [1.165, 1.54) is 12.8 Å². The zero-order valence-corrected chi connectivity index (χ0v) is 16.2. The number of piperazine rings is 1. The molecule has 2 aromatic rings. The third-order valence-corrected chi connectivity index (χ3v) is 5.30. The lowest BCUT2D eigenvalue weighted by Gasteiger charge is -2.40. The smallest absolute Gasteiger partial charge is 0.317 e. The van der Waals surface area contributed by atoms with E-state index in [9.17, 15) is 10.1 Å². The van der Waals surface area contributed by atoms with E-state index in [2.05, 4.69) is 26.4 Å². The van der Waals surface area contributed by atoms with Gasteiger partial charge in [-0.05, 0) is 25.7 Å². The molecule has 2 aliphatic rings. The van der Waals surface area contributed by atoms with Gasteiger partial charge in [0.25, 0.3) is 0 Å². The van der Waals surface area contributed by atoms with Crippen LogP contribution < -0.4 is 10.2 Å². The van der Waals surface area contributed by atoms with Crippen LogP contribution in [0.1, 0.15) is 25.5 Å². The van der Waals surface area contributed by atoms with E-state index in [0.29, 0.717) is 37.1 Å². The SMILES string of the molecule is C[C@@H]1CN(c2cnc(C#N)c(-c3cnn(C)c3)n2)CCN1C(=O)NCC1CC1. The first-order chi connectivity index (χ1) is 13.5. The highest BCUT2D eigenvalue weighted by Crippen LogP contribution is 2.28. The van der Waals surface area contributed by atoms with Crippen LogP contribution in [0.2, 0.25) is 0 Å². The first kappa shape index (κ1) is 18.2. The average molecular weight is 380 g/mol. The van der Waals surface area contributed by atoms with Gasteiger partial charge in [0.05, 0.1) is 12.4 Å². The van der Waals surface area contributed by atoms with Gasteiger partial charge in [-0.2, -0.15) is 10.4 Å². The minimum Gasteiger partial charge on any atom is -0.351 e. The topological polar surface area (TPSA) is 103 Å². The molecule has 1 aliphatic heterocycles. The molecule has 2 amide bonds. The number of urea groups is 1. The fourth-order valence-electron chi connectivity index (χ4n) is 3.48. The molecule has 1 N–H and O–H groups in total. The van der Waals surface area contributed by atoms with Crippen LogP contribution in [-0.2, 0) is 7.05 Å². The maximum atomic E-state index is 12.4. The predicted molar refractivity (Wildman–Crippen MR) is 103 cm³/mol. The number of amides is 2. The van der Waals surface area contributed by atoms with E-state index in [4.69, 9.17) is 4.98 Å². The molecule has 28 heavy (non-hydrogen) atoms. The third kappa shape index (κ3) is 3.76. The normalized spacial score (nSPS) is 19.4. The molecule has 1 atom stereocenters.